The van der Waals surface area contributed by atoms with Crippen LogP contribution >= 0.6 is 0 Å². The number of fused-ring (bicyclic) bond motifs is 3. The third-order valence-electron chi connectivity index (χ3n) is 5.62. The van der Waals surface area contributed by atoms with Crippen LogP contribution in [0.3, 0.4) is 0 Å². The van der Waals surface area contributed by atoms with Gasteiger partial charge in [-0.25, -0.2) is 8.78 Å². The van der Waals surface area contributed by atoms with Crippen LogP contribution < -0.4 is 5.46 Å². The van der Waals surface area contributed by atoms with Crippen molar-refractivity contribution in [2.75, 3.05) is 0 Å². The average molecular weight is 364 g/mol. The van der Waals surface area contributed by atoms with Crippen molar-refractivity contribution < 1.29 is 8.78 Å². The van der Waals surface area contributed by atoms with Crippen molar-refractivity contribution in [3.05, 3.63) is 125 Å². The molecule has 1 aliphatic rings. The van der Waals surface area contributed by atoms with Gasteiger partial charge in [-0.15, -0.1) is 0 Å². The monoisotopic (exact) mass is 364 g/mol. The van der Waals surface area contributed by atoms with Crippen molar-refractivity contribution >= 4 is 13.3 Å². The number of hydrogen-bond acceptors (Lipinski definition) is 0. The Balaban J connectivity index is 2.00. The Morgan fingerprint density at radius 1 is 0.571 bits per heavy atom. The first-order chi connectivity index (χ1) is 13.6. The van der Waals surface area contributed by atoms with E-state index in [4.69, 9.17) is 7.85 Å². The maximum Gasteiger partial charge on any atom is 0.159 e. The van der Waals surface area contributed by atoms with Crippen LogP contribution in [0, 0.1) is 11.6 Å². The zero-order chi connectivity index (χ0) is 19.3. The second-order valence-electron chi connectivity index (χ2n) is 7.10. The molecule has 0 bridgehead atoms. The molecule has 0 unspecified atom stereocenters. The van der Waals surface area contributed by atoms with Gasteiger partial charge in [-0.05, 0) is 45.5 Å². The quantitative estimate of drug-likeness (QED) is 0.382. The van der Waals surface area contributed by atoms with Crippen LogP contribution in [0.4, 0.5) is 8.78 Å². The minimum atomic E-state index is -0.857. The van der Waals surface area contributed by atoms with Crippen molar-refractivity contribution in [1.29, 1.82) is 0 Å². The van der Waals surface area contributed by atoms with Crippen LogP contribution in [0.25, 0.3) is 11.1 Å². The molecule has 0 N–H and O–H groups in total. The van der Waals surface area contributed by atoms with Crippen molar-refractivity contribution in [2.45, 2.75) is 5.41 Å². The lowest BCUT2D eigenvalue weighted by Gasteiger charge is -2.33. The molecule has 5 rings (SSSR count). The molecule has 3 heteroatoms. The standard InChI is InChI=1S/C25H15BF2/c26-18-11-12-21-19(13-18)20-14-23(27)24(28)15-22(20)25(21,16-7-3-1-4-8-16)17-9-5-2-6-10-17/h1-15H. The highest BCUT2D eigenvalue weighted by atomic mass is 19.2. The van der Waals surface area contributed by atoms with Crippen LogP contribution in [-0.2, 0) is 5.41 Å². The van der Waals surface area contributed by atoms with E-state index in [0.29, 0.717) is 11.0 Å². The van der Waals surface area contributed by atoms with Crippen LogP contribution in [-0.4, -0.2) is 7.85 Å². The molecule has 0 atom stereocenters. The Morgan fingerprint density at radius 3 is 1.71 bits per heavy atom. The molecular weight excluding hydrogens is 349 g/mol. The van der Waals surface area contributed by atoms with E-state index in [2.05, 4.69) is 0 Å². The van der Waals surface area contributed by atoms with E-state index in [1.807, 2.05) is 78.9 Å². The smallest absolute Gasteiger partial charge is 0.159 e. The molecule has 0 aliphatic heterocycles. The molecule has 1 aliphatic carbocycles. The number of halogens is 2. The summed E-state index contributed by atoms with van der Waals surface area (Å²) in [6.07, 6.45) is 0. The van der Waals surface area contributed by atoms with Gasteiger partial charge in [-0.3, -0.25) is 0 Å². The number of benzene rings is 4. The molecule has 28 heavy (non-hydrogen) atoms. The molecule has 132 valence electrons. The highest BCUT2D eigenvalue weighted by Crippen LogP contribution is 2.56. The van der Waals surface area contributed by atoms with Gasteiger partial charge in [-0.2, -0.15) is 0 Å². The van der Waals surface area contributed by atoms with Gasteiger partial charge < -0.3 is 0 Å². The molecule has 4 aromatic carbocycles. The summed E-state index contributed by atoms with van der Waals surface area (Å²) >= 11 is 0. The summed E-state index contributed by atoms with van der Waals surface area (Å²) in [5.41, 5.74) is 5.05. The fraction of sp³-hybridized carbons (Fsp3) is 0.0400. The maximum absolute atomic E-state index is 14.5. The van der Waals surface area contributed by atoms with E-state index in [9.17, 15) is 8.78 Å². The highest BCUT2D eigenvalue weighted by molar-refractivity contribution is 6.32. The maximum atomic E-state index is 14.5. The van der Waals surface area contributed by atoms with E-state index in [1.165, 1.54) is 12.1 Å². The van der Waals surface area contributed by atoms with Gasteiger partial charge in [0.05, 0.1) is 5.41 Å². The lowest BCUT2D eigenvalue weighted by molar-refractivity contribution is 0.506. The SMILES string of the molecule is [B]c1ccc2c(c1)-c1cc(F)c(F)cc1C2(c1ccccc1)c1ccccc1. The third-order valence-corrected chi connectivity index (χ3v) is 5.62. The minimum Gasteiger partial charge on any atom is -0.204 e. The minimum absolute atomic E-state index is 0.589. The number of hydrogen-bond donors (Lipinski definition) is 0. The molecule has 0 saturated heterocycles. The predicted octanol–water partition coefficient (Wildman–Crippen LogP) is 5.12. The first kappa shape index (κ1) is 16.9. The molecule has 0 aromatic heterocycles. The Bertz CT molecular complexity index is 1140. The number of rotatable bonds is 2. The summed E-state index contributed by atoms with van der Waals surface area (Å²) in [5.74, 6) is -1.71. The molecule has 4 aromatic rings. The molecule has 0 saturated carbocycles. The van der Waals surface area contributed by atoms with Gasteiger partial charge in [0.25, 0.3) is 0 Å². The summed E-state index contributed by atoms with van der Waals surface area (Å²) in [4.78, 5) is 0. The normalized spacial score (nSPS) is 13.8. The zero-order valence-corrected chi connectivity index (χ0v) is 15.0. The van der Waals surface area contributed by atoms with Crippen molar-refractivity contribution in [2.24, 2.45) is 0 Å². The van der Waals surface area contributed by atoms with E-state index in [0.717, 1.165) is 27.8 Å². The van der Waals surface area contributed by atoms with E-state index >= 15 is 0 Å². The largest absolute Gasteiger partial charge is 0.204 e. The topological polar surface area (TPSA) is 0 Å². The van der Waals surface area contributed by atoms with E-state index in [1.54, 1.807) is 0 Å². The van der Waals surface area contributed by atoms with Gasteiger partial charge in [0.1, 0.15) is 7.85 Å². The Kier molecular flexibility index (Phi) is 3.73. The van der Waals surface area contributed by atoms with Crippen LogP contribution in [0.15, 0.2) is 91.0 Å². The molecule has 2 radical (unpaired) electrons. The fourth-order valence-corrected chi connectivity index (χ4v) is 4.50. The summed E-state index contributed by atoms with van der Waals surface area (Å²) < 4.78 is 28.7. The second kappa shape index (κ2) is 6.17. The highest BCUT2D eigenvalue weighted by Gasteiger charge is 2.46. The summed E-state index contributed by atoms with van der Waals surface area (Å²) in [6, 6.07) is 28.2. The molecular formula is C25H15BF2. The van der Waals surface area contributed by atoms with Gasteiger partial charge in [0.15, 0.2) is 11.6 Å². The second-order valence-corrected chi connectivity index (χ2v) is 7.10. The Morgan fingerprint density at radius 2 is 1.11 bits per heavy atom. The van der Waals surface area contributed by atoms with Gasteiger partial charge >= 0.3 is 0 Å². The van der Waals surface area contributed by atoms with Crippen molar-refractivity contribution in [3.63, 3.8) is 0 Å². The third kappa shape index (κ3) is 2.23. The summed E-state index contributed by atoms with van der Waals surface area (Å²) in [6.45, 7) is 0. The average Bonchev–Trinajstić information content (AvgIpc) is 2.99. The van der Waals surface area contributed by atoms with Crippen molar-refractivity contribution in [1.82, 2.24) is 0 Å². The van der Waals surface area contributed by atoms with Crippen LogP contribution in [0.1, 0.15) is 22.3 Å². The molecule has 0 amide bonds. The van der Waals surface area contributed by atoms with E-state index in [-0.39, 0.29) is 0 Å². The molecule has 0 fully saturated rings. The van der Waals surface area contributed by atoms with Gasteiger partial charge in [0.2, 0.25) is 0 Å². The Labute approximate surface area is 163 Å². The molecule has 0 heterocycles. The van der Waals surface area contributed by atoms with Crippen molar-refractivity contribution in [3.8, 4) is 11.1 Å². The molecule has 0 spiro atoms. The zero-order valence-electron chi connectivity index (χ0n) is 15.0. The Hall–Kier alpha value is -3.20. The lowest BCUT2D eigenvalue weighted by Crippen LogP contribution is -2.29. The van der Waals surface area contributed by atoms with Crippen LogP contribution in [0.2, 0.25) is 0 Å². The lowest BCUT2D eigenvalue weighted by atomic mass is 9.67. The first-order valence-corrected chi connectivity index (χ1v) is 9.13. The van der Waals surface area contributed by atoms with E-state index < -0.39 is 17.0 Å². The predicted molar refractivity (Wildman–Crippen MR) is 109 cm³/mol. The summed E-state index contributed by atoms with van der Waals surface area (Å²) in [5, 5.41) is 0. The summed E-state index contributed by atoms with van der Waals surface area (Å²) in [7, 11) is 6.05. The first-order valence-electron chi connectivity index (χ1n) is 9.13. The molecule has 0 nitrogen and oxygen atoms in total. The van der Waals surface area contributed by atoms with Gasteiger partial charge in [-0.1, -0.05) is 84.3 Å². The van der Waals surface area contributed by atoms with Gasteiger partial charge in [0, 0.05) is 0 Å². The van der Waals surface area contributed by atoms with Crippen LogP contribution in [0.5, 0.6) is 0 Å². The fourth-order valence-electron chi connectivity index (χ4n) is 4.50.